The zero-order valence-corrected chi connectivity index (χ0v) is 17.4. The Kier molecular flexibility index (Phi) is 8.18. The zero-order chi connectivity index (χ0) is 23.0. The number of nitrogens with zero attached hydrogens (tertiary/aromatic N) is 2. The predicted octanol–water partition coefficient (Wildman–Crippen LogP) is 2.71. The Hall–Kier alpha value is -3.36. The molecule has 0 spiro atoms. The van der Waals surface area contributed by atoms with Crippen LogP contribution < -0.4 is 14.6 Å². The molecule has 0 atom stereocenters. The molecule has 3 rings (SSSR count). The van der Waals surface area contributed by atoms with Gasteiger partial charge in [0.1, 0.15) is 31.1 Å². The molecule has 0 unspecified atom stereocenters. The molecule has 0 saturated carbocycles. The second kappa shape index (κ2) is 10.6. The van der Waals surface area contributed by atoms with Crippen molar-refractivity contribution in [2.24, 2.45) is 0 Å². The summed E-state index contributed by atoms with van der Waals surface area (Å²) in [6.45, 7) is 1.06. The molecule has 0 saturated heterocycles. The van der Waals surface area contributed by atoms with Crippen molar-refractivity contribution in [3.05, 3.63) is 59.4 Å². The van der Waals surface area contributed by atoms with Crippen molar-refractivity contribution in [2.45, 2.75) is 19.0 Å². The summed E-state index contributed by atoms with van der Waals surface area (Å²) in [5.41, 5.74) is 4.76. The van der Waals surface area contributed by atoms with Crippen LogP contribution in [0.3, 0.4) is 0 Å². The molecule has 0 radical (unpaired) electrons. The van der Waals surface area contributed by atoms with E-state index in [1.165, 1.54) is 11.3 Å². The number of aliphatic carboxylic acids is 1. The predicted molar refractivity (Wildman–Crippen MR) is 107 cm³/mol. The normalized spacial score (nSPS) is 15.2. The molecular weight excluding hydrogens is 413 g/mol. The van der Waals surface area contributed by atoms with Gasteiger partial charge >= 0.3 is 6.18 Å². The number of pyridine rings is 1. The van der Waals surface area contributed by atoms with Crippen molar-refractivity contribution in [2.75, 3.05) is 27.8 Å². The number of benzene rings is 1. The Morgan fingerprint density at radius 1 is 1.23 bits per heavy atom. The smallest absolute Gasteiger partial charge is 0.430 e. The number of alkyl halides is 3. The summed E-state index contributed by atoms with van der Waals surface area (Å²) < 4.78 is 44.7. The molecule has 0 amide bonds. The van der Waals surface area contributed by atoms with Crippen LogP contribution in [-0.2, 0) is 4.79 Å². The summed E-state index contributed by atoms with van der Waals surface area (Å²) in [5.74, 6) is -1.39. The average Bonchev–Trinajstić information content (AvgIpc) is 2.74. The Bertz CT molecular complexity index is 970. The number of halogens is 3. The van der Waals surface area contributed by atoms with Crippen LogP contribution in [-0.4, -0.2) is 55.2 Å². The lowest BCUT2D eigenvalue weighted by Crippen LogP contribution is -2.37. The SMILES string of the molecule is COc1ccc(/C=C2\CCC[N+](C)=C2c2cccnc2)c(OC)c1.O=C([O-])C(F)(F)F. The molecule has 1 aromatic carbocycles. The molecule has 9 heteroatoms. The molecule has 0 aliphatic carbocycles. The van der Waals surface area contributed by atoms with E-state index in [9.17, 15) is 13.2 Å². The molecule has 1 aromatic heterocycles. The van der Waals surface area contributed by atoms with Crippen LogP contribution in [0.25, 0.3) is 6.08 Å². The minimum Gasteiger partial charge on any atom is -0.542 e. The van der Waals surface area contributed by atoms with Crippen molar-refractivity contribution >= 4 is 17.8 Å². The summed E-state index contributed by atoms with van der Waals surface area (Å²) in [6.07, 6.45) is 2.95. The largest absolute Gasteiger partial charge is 0.542 e. The van der Waals surface area contributed by atoms with E-state index in [1.807, 2.05) is 36.7 Å². The first kappa shape index (κ1) is 23.9. The second-order valence-electron chi connectivity index (χ2n) is 6.68. The number of methoxy groups -OCH3 is 2. The van der Waals surface area contributed by atoms with Gasteiger partial charge in [-0.1, -0.05) is 0 Å². The van der Waals surface area contributed by atoms with Crippen LogP contribution in [0.1, 0.15) is 24.0 Å². The number of carbonyl (C=O) groups excluding carboxylic acids is 1. The summed E-state index contributed by atoms with van der Waals surface area (Å²) in [5, 5.41) is 8.78. The topological polar surface area (TPSA) is 74.5 Å². The molecule has 166 valence electrons. The molecule has 1 aliphatic rings. The fourth-order valence-corrected chi connectivity index (χ4v) is 3.16. The van der Waals surface area contributed by atoms with E-state index in [1.54, 1.807) is 14.2 Å². The number of ether oxygens (including phenoxy) is 2. The van der Waals surface area contributed by atoms with Crippen molar-refractivity contribution in [1.29, 1.82) is 0 Å². The molecule has 0 N–H and O–H groups in total. The number of carbonyl (C=O) groups is 1. The van der Waals surface area contributed by atoms with E-state index in [0.29, 0.717) is 0 Å². The van der Waals surface area contributed by atoms with Crippen molar-refractivity contribution in [3.8, 4) is 11.5 Å². The molecule has 1 aliphatic heterocycles. The van der Waals surface area contributed by atoms with Gasteiger partial charge in [-0.15, -0.1) is 0 Å². The van der Waals surface area contributed by atoms with Crippen molar-refractivity contribution < 1.29 is 37.1 Å². The van der Waals surface area contributed by atoms with Crippen LogP contribution >= 0.6 is 0 Å². The molecule has 2 aromatic rings. The lowest BCUT2D eigenvalue weighted by atomic mass is 9.94. The Labute approximate surface area is 178 Å². The molecule has 0 fully saturated rings. The van der Waals surface area contributed by atoms with E-state index in [0.717, 1.165) is 42.0 Å². The molecule has 31 heavy (non-hydrogen) atoms. The molecule has 2 heterocycles. The van der Waals surface area contributed by atoms with E-state index in [4.69, 9.17) is 19.4 Å². The van der Waals surface area contributed by atoms with Crippen LogP contribution in [0.2, 0.25) is 0 Å². The van der Waals surface area contributed by atoms with Gasteiger partial charge in [0.05, 0.1) is 19.8 Å². The van der Waals surface area contributed by atoms with Crippen molar-refractivity contribution in [3.63, 3.8) is 0 Å². The van der Waals surface area contributed by atoms with E-state index in [-0.39, 0.29) is 0 Å². The minimum atomic E-state index is -5.19. The van der Waals surface area contributed by atoms with E-state index in [2.05, 4.69) is 28.7 Å². The van der Waals surface area contributed by atoms with Crippen molar-refractivity contribution in [1.82, 2.24) is 4.98 Å². The minimum absolute atomic E-state index is 0.797. The number of rotatable bonds is 4. The second-order valence-corrected chi connectivity index (χ2v) is 6.68. The number of carboxylic acids is 1. The molecule has 0 bridgehead atoms. The summed E-state index contributed by atoms with van der Waals surface area (Å²) in [7, 11) is 5.49. The van der Waals surface area contributed by atoms with E-state index < -0.39 is 12.1 Å². The standard InChI is InChI=1S/C20H23N2O2.C2HF3O2/c1-22-11-5-7-16(20(22)17-6-4-10-21-14-17)12-15-8-9-18(23-2)13-19(15)24-3;3-2(4,5)1(6)7/h4,6,8-10,12-14H,5,7,11H2,1-3H3;(H,6,7)/q+1;/p-1/b16-12+;. The van der Waals surface area contributed by atoms with Gasteiger partial charge in [-0.05, 0) is 36.8 Å². The van der Waals surface area contributed by atoms with Gasteiger partial charge < -0.3 is 19.4 Å². The van der Waals surface area contributed by atoms with Gasteiger partial charge in [0.25, 0.3) is 0 Å². The monoisotopic (exact) mass is 436 g/mol. The Morgan fingerprint density at radius 2 is 1.94 bits per heavy atom. The van der Waals surface area contributed by atoms with E-state index >= 15 is 0 Å². The number of allylic oxidation sites excluding steroid dienone is 1. The first-order valence-electron chi connectivity index (χ1n) is 9.37. The summed E-state index contributed by atoms with van der Waals surface area (Å²) in [4.78, 5) is 13.1. The third-order valence-electron chi connectivity index (χ3n) is 4.56. The summed E-state index contributed by atoms with van der Waals surface area (Å²) in [6, 6.07) is 10.0. The van der Waals surface area contributed by atoms with Gasteiger partial charge in [-0.3, -0.25) is 4.98 Å². The lowest BCUT2D eigenvalue weighted by Gasteiger charge is -2.16. The fraction of sp³-hybridized carbons (Fsp3) is 0.318. The highest BCUT2D eigenvalue weighted by Gasteiger charge is 2.29. The molecular formula is C22H23F3N2O4. The average molecular weight is 436 g/mol. The van der Waals surface area contributed by atoms with Crippen LogP contribution in [0.4, 0.5) is 13.2 Å². The third-order valence-corrected chi connectivity index (χ3v) is 4.56. The Morgan fingerprint density at radius 3 is 2.48 bits per heavy atom. The highest BCUT2D eigenvalue weighted by Crippen LogP contribution is 2.29. The highest BCUT2D eigenvalue weighted by molar-refractivity contribution is 6.12. The maximum atomic E-state index is 10.5. The van der Waals surface area contributed by atoms with Crippen LogP contribution in [0.15, 0.2) is 48.3 Å². The van der Waals surface area contributed by atoms with Gasteiger partial charge in [0, 0.05) is 36.0 Å². The maximum Gasteiger partial charge on any atom is 0.430 e. The van der Waals surface area contributed by atoms with Crippen LogP contribution in [0, 0.1) is 0 Å². The first-order chi connectivity index (χ1) is 14.7. The van der Waals surface area contributed by atoms with Crippen LogP contribution in [0.5, 0.6) is 11.5 Å². The Balaban J connectivity index is 0.000000423. The first-order valence-corrected chi connectivity index (χ1v) is 9.37. The highest BCUT2D eigenvalue weighted by atomic mass is 19.4. The van der Waals surface area contributed by atoms with Gasteiger partial charge in [0.15, 0.2) is 0 Å². The van der Waals surface area contributed by atoms with Gasteiger partial charge in [-0.25, -0.2) is 4.58 Å². The molecule has 6 nitrogen and oxygen atoms in total. The number of hydrogen-bond acceptors (Lipinski definition) is 5. The number of hydrogen-bond donors (Lipinski definition) is 0. The van der Waals surface area contributed by atoms with Gasteiger partial charge in [0.2, 0.25) is 5.71 Å². The summed E-state index contributed by atoms with van der Waals surface area (Å²) >= 11 is 0. The number of carboxylic acid groups (broad SMARTS) is 1. The third kappa shape index (κ3) is 6.56. The number of aromatic nitrogens is 1. The maximum absolute atomic E-state index is 10.5. The van der Waals surface area contributed by atoms with Gasteiger partial charge in [-0.2, -0.15) is 13.2 Å². The zero-order valence-electron chi connectivity index (χ0n) is 17.4. The lowest BCUT2D eigenvalue weighted by molar-refractivity contribution is -0.499. The fourth-order valence-electron chi connectivity index (χ4n) is 3.16. The quantitative estimate of drug-likeness (QED) is 0.689.